The molecule has 0 bridgehead atoms. The minimum atomic E-state index is -0.543. The van der Waals surface area contributed by atoms with E-state index in [0.717, 1.165) is 0 Å². The van der Waals surface area contributed by atoms with E-state index in [1.807, 2.05) is 0 Å². The molecule has 0 unspecified atom stereocenters. The number of hydrogen-bond donors (Lipinski definition) is 2. The molecule has 0 aliphatic carbocycles. The van der Waals surface area contributed by atoms with Crippen molar-refractivity contribution in [2.45, 2.75) is 20.0 Å². The van der Waals surface area contributed by atoms with Crippen LogP contribution in [0.15, 0.2) is 16.6 Å². The Labute approximate surface area is 95.4 Å². The van der Waals surface area contributed by atoms with Crippen molar-refractivity contribution in [3.8, 4) is 0 Å². The highest BCUT2D eigenvalue weighted by molar-refractivity contribution is 9.10. The van der Waals surface area contributed by atoms with Crippen molar-refractivity contribution in [3.05, 3.63) is 28.0 Å². The van der Waals surface area contributed by atoms with Gasteiger partial charge in [-0.25, -0.2) is 4.39 Å². The summed E-state index contributed by atoms with van der Waals surface area (Å²) in [6, 6.07) is 2.80. The predicted molar refractivity (Wildman–Crippen MR) is 58.9 cm³/mol. The van der Waals surface area contributed by atoms with Gasteiger partial charge in [0.2, 0.25) is 5.91 Å². The number of rotatable bonds is 3. The van der Waals surface area contributed by atoms with Crippen LogP contribution in [0.3, 0.4) is 0 Å². The predicted octanol–water partition coefficient (Wildman–Crippen LogP) is 2.43. The number of aliphatic hydroxyl groups is 1. The van der Waals surface area contributed by atoms with Gasteiger partial charge in [0.05, 0.1) is 12.3 Å². The average molecular weight is 276 g/mol. The standard InChI is InChI=1S/C10H11BrFNO2/c1-2-10(15)13-9-4-6(11)3-8(12)7(9)5-14/h3-4,14H,2,5H2,1H3,(H,13,15). The number of nitrogens with one attached hydrogen (secondary N) is 1. The highest BCUT2D eigenvalue weighted by Crippen LogP contribution is 2.25. The van der Waals surface area contributed by atoms with Gasteiger partial charge in [0.1, 0.15) is 5.82 Å². The molecule has 0 saturated heterocycles. The summed E-state index contributed by atoms with van der Waals surface area (Å²) in [5.41, 5.74) is 0.399. The molecule has 1 rings (SSSR count). The molecule has 0 aromatic heterocycles. The second-order valence-corrected chi connectivity index (χ2v) is 3.89. The molecule has 1 aromatic carbocycles. The molecule has 5 heteroatoms. The maximum Gasteiger partial charge on any atom is 0.224 e. The number of benzene rings is 1. The van der Waals surface area contributed by atoms with Gasteiger partial charge in [-0.05, 0) is 12.1 Å². The van der Waals surface area contributed by atoms with Crippen LogP contribution >= 0.6 is 15.9 Å². The summed E-state index contributed by atoms with van der Waals surface area (Å²) in [5.74, 6) is -0.763. The molecule has 1 amide bonds. The Balaban J connectivity index is 3.09. The first-order chi connectivity index (χ1) is 7.08. The van der Waals surface area contributed by atoms with E-state index in [1.165, 1.54) is 6.07 Å². The number of amides is 1. The first kappa shape index (κ1) is 12.1. The average Bonchev–Trinajstić information content (AvgIpc) is 2.17. The second kappa shape index (κ2) is 5.23. The maximum atomic E-state index is 13.3. The summed E-state index contributed by atoms with van der Waals surface area (Å²) in [5, 5.41) is 11.5. The van der Waals surface area contributed by atoms with Crippen molar-refractivity contribution in [1.82, 2.24) is 0 Å². The molecule has 0 radical (unpaired) electrons. The van der Waals surface area contributed by atoms with E-state index in [4.69, 9.17) is 5.11 Å². The van der Waals surface area contributed by atoms with Gasteiger partial charge in [0.25, 0.3) is 0 Å². The molecule has 3 nitrogen and oxygen atoms in total. The van der Waals surface area contributed by atoms with Crippen LogP contribution in [0.5, 0.6) is 0 Å². The zero-order chi connectivity index (χ0) is 11.4. The Hall–Kier alpha value is -0.940. The number of aliphatic hydroxyl groups excluding tert-OH is 1. The van der Waals surface area contributed by atoms with Crippen LogP contribution in [0, 0.1) is 5.82 Å². The molecule has 0 aliphatic rings. The van der Waals surface area contributed by atoms with E-state index in [0.29, 0.717) is 16.6 Å². The summed E-state index contributed by atoms with van der Waals surface area (Å²) < 4.78 is 13.8. The molecule has 1 aromatic rings. The van der Waals surface area contributed by atoms with Gasteiger partial charge < -0.3 is 10.4 Å². The number of carbonyl (C=O) groups is 1. The van der Waals surface area contributed by atoms with Crippen LogP contribution in [0.25, 0.3) is 0 Å². The van der Waals surface area contributed by atoms with E-state index >= 15 is 0 Å². The normalized spacial score (nSPS) is 10.1. The number of halogens is 2. The van der Waals surface area contributed by atoms with E-state index in [1.54, 1.807) is 13.0 Å². The number of anilines is 1. The van der Waals surface area contributed by atoms with E-state index in [2.05, 4.69) is 21.2 Å². The van der Waals surface area contributed by atoms with Gasteiger partial charge in [-0.1, -0.05) is 22.9 Å². The minimum absolute atomic E-state index is 0.0972. The van der Waals surface area contributed by atoms with Gasteiger partial charge in [0, 0.05) is 16.5 Å². The van der Waals surface area contributed by atoms with E-state index < -0.39 is 12.4 Å². The summed E-state index contributed by atoms with van der Waals surface area (Å²) in [6.07, 6.45) is 0.305. The van der Waals surface area contributed by atoms with Crippen LogP contribution in [0.4, 0.5) is 10.1 Å². The van der Waals surface area contributed by atoms with Crippen molar-refractivity contribution in [1.29, 1.82) is 0 Å². The van der Waals surface area contributed by atoms with Gasteiger partial charge >= 0.3 is 0 Å². The fourth-order valence-corrected chi connectivity index (χ4v) is 1.54. The topological polar surface area (TPSA) is 49.3 Å². The Morgan fingerprint density at radius 2 is 2.27 bits per heavy atom. The van der Waals surface area contributed by atoms with Gasteiger partial charge in [-0.2, -0.15) is 0 Å². The molecule has 0 atom stereocenters. The van der Waals surface area contributed by atoms with Crippen LogP contribution in [0.2, 0.25) is 0 Å². The van der Waals surface area contributed by atoms with Crippen LogP contribution in [-0.2, 0) is 11.4 Å². The lowest BCUT2D eigenvalue weighted by atomic mass is 10.1. The number of carbonyl (C=O) groups excluding carboxylic acids is 1. The summed E-state index contributed by atoms with van der Waals surface area (Å²) in [6.45, 7) is 1.25. The third kappa shape index (κ3) is 3.00. The molecule has 82 valence electrons. The Morgan fingerprint density at radius 1 is 1.60 bits per heavy atom. The molecular weight excluding hydrogens is 265 g/mol. The Bertz CT molecular complexity index is 382. The van der Waals surface area contributed by atoms with Crippen LogP contribution < -0.4 is 5.32 Å². The first-order valence-electron chi connectivity index (χ1n) is 4.47. The first-order valence-corrected chi connectivity index (χ1v) is 5.26. The van der Waals surface area contributed by atoms with Crippen molar-refractivity contribution < 1.29 is 14.3 Å². The van der Waals surface area contributed by atoms with E-state index in [-0.39, 0.29) is 11.5 Å². The fourth-order valence-electron chi connectivity index (χ4n) is 1.11. The molecular formula is C10H11BrFNO2. The zero-order valence-electron chi connectivity index (χ0n) is 8.18. The second-order valence-electron chi connectivity index (χ2n) is 2.97. The van der Waals surface area contributed by atoms with E-state index in [9.17, 15) is 9.18 Å². The summed E-state index contributed by atoms with van der Waals surface area (Å²) >= 11 is 3.12. The quantitative estimate of drug-likeness (QED) is 0.890. The Morgan fingerprint density at radius 3 is 2.80 bits per heavy atom. The lowest BCUT2D eigenvalue weighted by Gasteiger charge is -2.10. The van der Waals surface area contributed by atoms with Gasteiger partial charge in [-0.15, -0.1) is 0 Å². The smallest absolute Gasteiger partial charge is 0.224 e. The number of hydrogen-bond acceptors (Lipinski definition) is 2. The molecule has 15 heavy (non-hydrogen) atoms. The molecule has 0 fully saturated rings. The summed E-state index contributed by atoms with van der Waals surface area (Å²) in [4.78, 5) is 11.1. The molecule has 0 spiro atoms. The minimum Gasteiger partial charge on any atom is -0.391 e. The van der Waals surface area contributed by atoms with Crippen molar-refractivity contribution in [3.63, 3.8) is 0 Å². The highest BCUT2D eigenvalue weighted by atomic mass is 79.9. The van der Waals surface area contributed by atoms with Gasteiger partial charge in [0.15, 0.2) is 0 Å². The van der Waals surface area contributed by atoms with Gasteiger partial charge in [-0.3, -0.25) is 4.79 Å². The summed E-state index contributed by atoms with van der Waals surface area (Å²) in [7, 11) is 0. The zero-order valence-corrected chi connectivity index (χ0v) is 9.77. The van der Waals surface area contributed by atoms with Crippen LogP contribution in [-0.4, -0.2) is 11.0 Å². The molecule has 0 aliphatic heterocycles. The lowest BCUT2D eigenvalue weighted by molar-refractivity contribution is -0.115. The third-order valence-corrected chi connectivity index (χ3v) is 2.37. The maximum absolute atomic E-state index is 13.3. The van der Waals surface area contributed by atoms with Crippen molar-refractivity contribution >= 4 is 27.5 Å². The van der Waals surface area contributed by atoms with Crippen molar-refractivity contribution in [2.24, 2.45) is 0 Å². The Kier molecular flexibility index (Phi) is 4.23. The van der Waals surface area contributed by atoms with Crippen molar-refractivity contribution in [2.75, 3.05) is 5.32 Å². The van der Waals surface area contributed by atoms with Crippen LogP contribution in [0.1, 0.15) is 18.9 Å². The fraction of sp³-hybridized carbons (Fsp3) is 0.300. The largest absolute Gasteiger partial charge is 0.391 e. The molecule has 0 heterocycles. The lowest BCUT2D eigenvalue weighted by Crippen LogP contribution is -2.12. The molecule has 0 saturated carbocycles. The third-order valence-electron chi connectivity index (χ3n) is 1.91. The molecule has 2 N–H and O–H groups in total. The SMILES string of the molecule is CCC(=O)Nc1cc(Br)cc(F)c1CO. The highest BCUT2D eigenvalue weighted by Gasteiger charge is 2.11. The monoisotopic (exact) mass is 275 g/mol.